The van der Waals surface area contributed by atoms with E-state index in [2.05, 4.69) is 10.4 Å². The summed E-state index contributed by atoms with van der Waals surface area (Å²) in [4.78, 5) is 13.1. The summed E-state index contributed by atoms with van der Waals surface area (Å²) >= 11 is 0. The number of alkyl halides is 3. The summed E-state index contributed by atoms with van der Waals surface area (Å²) in [5.41, 5.74) is 2.64. The van der Waals surface area contributed by atoms with Crippen LogP contribution in [0.15, 0.2) is 97.1 Å². The second-order valence-corrected chi connectivity index (χ2v) is 8.17. The average molecular weight is 471 g/mol. The zero-order valence-electron chi connectivity index (χ0n) is 18.7. The van der Waals surface area contributed by atoms with Crippen molar-refractivity contribution in [2.45, 2.75) is 13.1 Å². The Labute approximate surface area is 199 Å². The van der Waals surface area contributed by atoms with E-state index in [-0.39, 0.29) is 11.4 Å². The first kappa shape index (κ1) is 22.4. The maximum absolute atomic E-state index is 13.1. The molecule has 0 aliphatic carbocycles. The number of benzene rings is 4. The number of para-hydroxylation sites is 1. The molecule has 0 aliphatic heterocycles. The van der Waals surface area contributed by atoms with Crippen LogP contribution in [0.5, 0.6) is 0 Å². The molecule has 4 aromatic carbocycles. The van der Waals surface area contributed by atoms with Crippen LogP contribution in [-0.2, 0) is 6.18 Å². The monoisotopic (exact) mass is 471 g/mol. The van der Waals surface area contributed by atoms with Crippen LogP contribution in [0.25, 0.3) is 27.7 Å². The van der Waals surface area contributed by atoms with Crippen LogP contribution in [-0.4, -0.2) is 15.7 Å². The highest BCUT2D eigenvalue weighted by atomic mass is 19.4. The van der Waals surface area contributed by atoms with Crippen molar-refractivity contribution >= 4 is 22.4 Å². The van der Waals surface area contributed by atoms with Crippen molar-refractivity contribution in [1.82, 2.24) is 9.78 Å². The molecule has 5 rings (SSSR count). The van der Waals surface area contributed by atoms with Gasteiger partial charge >= 0.3 is 6.18 Å². The number of fused-ring (bicyclic) bond motifs is 1. The molecule has 1 amide bonds. The summed E-state index contributed by atoms with van der Waals surface area (Å²) in [6.07, 6.45) is -4.51. The van der Waals surface area contributed by atoms with Gasteiger partial charge in [-0.25, -0.2) is 4.68 Å². The molecule has 1 N–H and O–H groups in total. The molecule has 1 heterocycles. The second-order valence-electron chi connectivity index (χ2n) is 8.17. The van der Waals surface area contributed by atoms with E-state index in [1.54, 1.807) is 10.7 Å². The minimum Gasteiger partial charge on any atom is -0.321 e. The lowest BCUT2D eigenvalue weighted by molar-refractivity contribution is -0.137. The lowest BCUT2D eigenvalue weighted by atomic mass is 10.0. The van der Waals surface area contributed by atoms with Crippen molar-refractivity contribution in [3.63, 3.8) is 0 Å². The Kier molecular flexibility index (Phi) is 5.61. The lowest BCUT2D eigenvalue weighted by Gasteiger charge is -2.12. The molecule has 0 saturated carbocycles. The average Bonchev–Trinajstić information content (AvgIpc) is 3.29. The number of hydrogen-bond donors (Lipinski definition) is 1. The van der Waals surface area contributed by atoms with Gasteiger partial charge in [-0.2, -0.15) is 18.3 Å². The molecule has 0 bridgehead atoms. The highest BCUT2D eigenvalue weighted by molar-refractivity contribution is 6.04. The van der Waals surface area contributed by atoms with E-state index in [0.717, 1.165) is 39.7 Å². The number of carbonyl (C=O) groups is 1. The van der Waals surface area contributed by atoms with Gasteiger partial charge in [-0.3, -0.25) is 4.79 Å². The van der Waals surface area contributed by atoms with Crippen LogP contribution in [0.2, 0.25) is 0 Å². The number of halogens is 3. The lowest BCUT2D eigenvalue weighted by Crippen LogP contribution is -2.14. The number of nitrogens with one attached hydrogen (secondary N) is 1. The molecule has 0 spiro atoms. The first-order valence-corrected chi connectivity index (χ1v) is 10.9. The number of anilines is 1. The Bertz CT molecular complexity index is 1550. The minimum atomic E-state index is -4.51. The summed E-state index contributed by atoms with van der Waals surface area (Å²) in [6.45, 7) is 1.95. The Balaban J connectivity index is 1.61. The number of aromatic nitrogens is 2. The molecule has 5 aromatic rings. The zero-order valence-corrected chi connectivity index (χ0v) is 18.7. The van der Waals surface area contributed by atoms with E-state index in [1.807, 2.05) is 73.7 Å². The number of rotatable bonds is 4. The highest BCUT2D eigenvalue weighted by Crippen LogP contribution is 2.33. The third-order valence-electron chi connectivity index (χ3n) is 5.80. The molecule has 0 atom stereocenters. The highest BCUT2D eigenvalue weighted by Gasteiger charge is 2.30. The quantitative estimate of drug-likeness (QED) is 0.300. The Morgan fingerprint density at radius 3 is 2.37 bits per heavy atom. The number of carbonyl (C=O) groups excluding carboxylic acids is 1. The molecule has 4 nitrogen and oxygen atoms in total. The molecule has 1 aromatic heterocycles. The maximum atomic E-state index is 13.1. The summed E-state index contributed by atoms with van der Waals surface area (Å²) in [5.74, 6) is -0.599. The molecule has 0 fully saturated rings. The Morgan fingerprint density at radius 1 is 0.857 bits per heavy atom. The van der Waals surface area contributed by atoms with Gasteiger partial charge in [-0.05, 0) is 53.6 Å². The second kappa shape index (κ2) is 8.76. The van der Waals surface area contributed by atoms with Crippen molar-refractivity contribution in [2.24, 2.45) is 0 Å². The number of aryl methyl sites for hydroxylation is 1. The van der Waals surface area contributed by atoms with Gasteiger partial charge in [0.05, 0.1) is 16.9 Å². The summed E-state index contributed by atoms with van der Waals surface area (Å²) in [6, 6.07) is 27.7. The third-order valence-corrected chi connectivity index (χ3v) is 5.80. The normalized spacial score (nSPS) is 11.5. The minimum absolute atomic E-state index is 0.0435. The Hall–Kier alpha value is -4.39. The molecule has 0 radical (unpaired) electrons. The molecular formula is C28H20F3N3O. The molecule has 0 aliphatic rings. The van der Waals surface area contributed by atoms with E-state index in [4.69, 9.17) is 0 Å². The largest absolute Gasteiger partial charge is 0.416 e. The van der Waals surface area contributed by atoms with Crippen LogP contribution in [0.4, 0.5) is 18.9 Å². The SMILES string of the molecule is Cc1ccccc1-n1nc(C(=O)Nc2cccc(C(F)(F)F)c2)cc1-c1cccc2ccccc12. The van der Waals surface area contributed by atoms with Gasteiger partial charge in [0.1, 0.15) is 0 Å². The Morgan fingerprint density at radius 2 is 1.57 bits per heavy atom. The first-order chi connectivity index (χ1) is 16.8. The van der Waals surface area contributed by atoms with Gasteiger partial charge in [0, 0.05) is 11.3 Å². The van der Waals surface area contributed by atoms with E-state index >= 15 is 0 Å². The van der Waals surface area contributed by atoms with E-state index < -0.39 is 17.6 Å². The topological polar surface area (TPSA) is 46.9 Å². The van der Waals surface area contributed by atoms with Crippen LogP contribution in [0, 0.1) is 6.92 Å². The van der Waals surface area contributed by atoms with Gasteiger partial charge in [0.25, 0.3) is 5.91 Å². The number of amides is 1. The van der Waals surface area contributed by atoms with Crippen LogP contribution in [0.1, 0.15) is 21.6 Å². The predicted molar refractivity (Wildman–Crippen MR) is 131 cm³/mol. The van der Waals surface area contributed by atoms with Crippen LogP contribution >= 0.6 is 0 Å². The zero-order chi connectivity index (χ0) is 24.6. The van der Waals surface area contributed by atoms with Gasteiger partial charge in [-0.15, -0.1) is 0 Å². The summed E-state index contributed by atoms with van der Waals surface area (Å²) in [5, 5.41) is 9.16. The fourth-order valence-electron chi connectivity index (χ4n) is 4.09. The fraction of sp³-hybridized carbons (Fsp3) is 0.0714. The van der Waals surface area contributed by atoms with E-state index in [1.165, 1.54) is 12.1 Å². The smallest absolute Gasteiger partial charge is 0.321 e. The maximum Gasteiger partial charge on any atom is 0.416 e. The molecule has 0 unspecified atom stereocenters. The van der Waals surface area contributed by atoms with Gasteiger partial charge in [-0.1, -0.05) is 66.7 Å². The van der Waals surface area contributed by atoms with Crippen LogP contribution in [0.3, 0.4) is 0 Å². The van der Waals surface area contributed by atoms with Crippen molar-refractivity contribution in [3.05, 3.63) is 114 Å². The van der Waals surface area contributed by atoms with Crippen molar-refractivity contribution in [1.29, 1.82) is 0 Å². The summed E-state index contributed by atoms with van der Waals surface area (Å²) in [7, 11) is 0. The van der Waals surface area contributed by atoms with Gasteiger partial charge in [0.15, 0.2) is 5.69 Å². The van der Waals surface area contributed by atoms with E-state index in [9.17, 15) is 18.0 Å². The first-order valence-electron chi connectivity index (χ1n) is 10.9. The molecule has 174 valence electrons. The molecule has 35 heavy (non-hydrogen) atoms. The molecule has 0 saturated heterocycles. The van der Waals surface area contributed by atoms with Gasteiger partial charge in [0.2, 0.25) is 0 Å². The van der Waals surface area contributed by atoms with Crippen molar-refractivity contribution < 1.29 is 18.0 Å². The molecule has 7 heteroatoms. The van der Waals surface area contributed by atoms with Crippen molar-refractivity contribution in [3.8, 4) is 16.9 Å². The third kappa shape index (κ3) is 4.40. The summed E-state index contributed by atoms with van der Waals surface area (Å²) < 4.78 is 41.0. The van der Waals surface area contributed by atoms with E-state index in [0.29, 0.717) is 5.69 Å². The molecular weight excluding hydrogens is 451 g/mol. The predicted octanol–water partition coefficient (Wildman–Crippen LogP) is 7.27. The number of hydrogen-bond acceptors (Lipinski definition) is 2. The standard InChI is InChI=1S/C28H20F3N3O/c1-18-8-2-5-15-25(18)34-26(23-14-6-10-19-9-3-4-13-22(19)23)17-24(33-34)27(35)32-21-12-7-11-20(16-21)28(29,30)31/h2-17H,1H3,(H,32,35). The van der Waals surface area contributed by atoms with Crippen LogP contribution < -0.4 is 5.32 Å². The van der Waals surface area contributed by atoms with Gasteiger partial charge < -0.3 is 5.32 Å². The fourth-order valence-corrected chi connectivity index (χ4v) is 4.09. The van der Waals surface area contributed by atoms with Crippen molar-refractivity contribution in [2.75, 3.05) is 5.32 Å². The number of nitrogens with zero attached hydrogens (tertiary/aromatic N) is 2.